The van der Waals surface area contributed by atoms with Crippen molar-refractivity contribution in [1.29, 1.82) is 0 Å². The summed E-state index contributed by atoms with van der Waals surface area (Å²) in [6, 6.07) is 12.3. The van der Waals surface area contributed by atoms with Gasteiger partial charge >= 0.3 is 0 Å². The van der Waals surface area contributed by atoms with Gasteiger partial charge in [-0.2, -0.15) is 0 Å². The number of rotatable bonds is 5. The van der Waals surface area contributed by atoms with E-state index in [0.717, 1.165) is 23.7 Å². The Kier molecular flexibility index (Phi) is 4.47. The third-order valence-corrected chi connectivity index (χ3v) is 3.30. The maximum absolute atomic E-state index is 4.26. The van der Waals surface area contributed by atoms with Crippen molar-refractivity contribution in [3.8, 4) is 0 Å². The van der Waals surface area contributed by atoms with Crippen LogP contribution in [0.4, 0.5) is 17.2 Å². The Balaban J connectivity index is 2.20. The molecule has 1 aromatic heterocycles. The quantitative estimate of drug-likeness (QED) is 0.796. The lowest BCUT2D eigenvalue weighted by molar-refractivity contribution is 1.16. The number of hydrogen-bond donors (Lipinski definition) is 2. The van der Waals surface area contributed by atoms with Gasteiger partial charge in [0, 0.05) is 29.4 Å². The van der Waals surface area contributed by atoms with E-state index in [0.29, 0.717) is 0 Å². The van der Waals surface area contributed by atoms with Crippen molar-refractivity contribution in [3.63, 3.8) is 0 Å². The number of para-hydroxylation sites is 1. The third kappa shape index (κ3) is 3.17. The van der Waals surface area contributed by atoms with Crippen LogP contribution in [0, 0.1) is 0 Å². The van der Waals surface area contributed by atoms with E-state index in [1.165, 1.54) is 4.90 Å². The van der Waals surface area contributed by atoms with Crippen LogP contribution in [0.25, 0.3) is 0 Å². The number of hydrogen-bond acceptors (Lipinski definition) is 4. The number of aromatic nitrogens is 1. The number of benzene rings is 1. The van der Waals surface area contributed by atoms with Gasteiger partial charge in [-0.05, 0) is 31.4 Å². The van der Waals surface area contributed by atoms with Crippen LogP contribution in [-0.4, -0.2) is 17.8 Å². The Labute approximate surface area is 112 Å². The van der Waals surface area contributed by atoms with Crippen LogP contribution in [0.1, 0.15) is 6.92 Å². The lowest BCUT2D eigenvalue weighted by atomic mass is 10.3. The number of thioether (sulfide) groups is 1. The summed E-state index contributed by atoms with van der Waals surface area (Å²) >= 11 is 1.74. The van der Waals surface area contributed by atoms with Gasteiger partial charge in [0.2, 0.25) is 0 Å². The van der Waals surface area contributed by atoms with E-state index in [9.17, 15) is 0 Å². The minimum atomic E-state index is 0.873. The van der Waals surface area contributed by atoms with E-state index in [-0.39, 0.29) is 0 Å². The van der Waals surface area contributed by atoms with Crippen molar-refractivity contribution in [2.24, 2.45) is 0 Å². The van der Waals surface area contributed by atoms with E-state index >= 15 is 0 Å². The number of pyridine rings is 1. The van der Waals surface area contributed by atoms with Gasteiger partial charge in [0.1, 0.15) is 5.82 Å². The molecule has 2 aromatic rings. The van der Waals surface area contributed by atoms with Gasteiger partial charge in [0.05, 0.1) is 5.69 Å². The second-order valence-electron chi connectivity index (χ2n) is 3.79. The van der Waals surface area contributed by atoms with E-state index in [2.05, 4.69) is 40.9 Å². The Morgan fingerprint density at radius 1 is 1.22 bits per heavy atom. The molecular weight excluding hydrogens is 242 g/mol. The van der Waals surface area contributed by atoms with Crippen LogP contribution in [0.15, 0.2) is 47.5 Å². The number of anilines is 3. The Morgan fingerprint density at radius 2 is 2.06 bits per heavy atom. The monoisotopic (exact) mass is 259 g/mol. The van der Waals surface area contributed by atoms with E-state index < -0.39 is 0 Å². The zero-order chi connectivity index (χ0) is 12.8. The molecule has 0 bridgehead atoms. The Morgan fingerprint density at radius 3 is 2.83 bits per heavy atom. The Bertz CT molecular complexity index is 514. The molecule has 0 amide bonds. The van der Waals surface area contributed by atoms with Crippen molar-refractivity contribution < 1.29 is 0 Å². The molecule has 0 aliphatic carbocycles. The van der Waals surface area contributed by atoms with Crippen LogP contribution < -0.4 is 10.6 Å². The molecule has 4 heteroatoms. The molecule has 0 aliphatic heterocycles. The second-order valence-corrected chi connectivity index (χ2v) is 4.63. The smallest absolute Gasteiger partial charge is 0.127 e. The first-order valence-corrected chi connectivity index (χ1v) is 7.16. The molecule has 1 aromatic carbocycles. The summed E-state index contributed by atoms with van der Waals surface area (Å²) in [6.45, 7) is 2.93. The third-order valence-electron chi connectivity index (χ3n) is 2.50. The molecule has 0 saturated heterocycles. The van der Waals surface area contributed by atoms with Crippen LogP contribution in [0.5, 0.6) is 0 Å². The molecule has 0 saturated carbocycles. The maximum atomic E-state index is 4.26. The van der Waals surface area contributed by atoms with Gasteiger partial charge in [0.15, 0.2) is 0 Å². The fourth-order valence-electron chi connectivity index (χ4n) is 1.69. The largest absolute Gasteiger partial charge is 0.370 e. The van der Waals surface area contributed by atoms with Crippen molar-refractivity contribution >= 4 is 29.0 Å². The van der Waals surface area contributed by atoms with Crippen molar-refractivity contribution in [2.45, 2.75) is 11.8 Å². The molecular formula is C14H17N3S. The molecule has 0 unspecified atom stereocenters. The Hall–Kier alpha value is -1.68. The minimum Gasteiger partial charge on any atom is -0.370 e. The lowest BCUT2D eigenvalue weighted by Gasteiger charge is -2.11. The van der Waals surface area contributed by atoms with Gasteiger partial charge < -0.3 is 10.6 Å². The molecule has 0 aliphatic rings. The van der Waals surface area contributed by atoms with E-state index in [1.807, 2.05) is 30.5 Å². The van der Waals surface area contributed by atoms with Crippen LogP contribution >= 0.6 is 11.8 Å². The average Bonchev–Trinajstić information content (AvgIpc) is 2.40. The highest BCUT2D eigenvalue weighted by molar-refractivity contribution is 7.98. The van der Waals surface area contributed by atoms with Crippen LogP contribution in [0.3, 0.4) is 0 Å². The molecule has 94 valence electrons. The summed E-state index contributed by atoms with van der Waals surface area (Å²) < 4.78 is 0. The van der Waals surface area contributed by atoms with Crippen molar-refractivity contribution in [1.82, 2.24) is 4.98 Å². The fourth-order valence-corrected chi connectivity index (χ4v) is 2.24. The lowest BCUT2D eigenvalue weighted by Crippen LogP contribution is -2.00. The molecule has 0 atom stereocenters. The fraction of sp³-hybridized carbons (Fsp3) is 0.214. The van der Waals surface area contributed by atoms with Gasteiger partial charge in [-0.3, -0.25) is 0 Å². The summed E-state index contributed by atoms with van der Waals surface area (Å²) in [7, 11) is 0. The van der Waals surface area contributed by atoms with Gasteiger partial charge in [0.25, 0.3) is 0 Å². The first kappa shape index (κ1) is 12.8. The maximum Gasteiger partial charge on any atom is 0.127 e. The predicted molar refractivity (Wildman–Crippen MR) is 79.9 cm³/mol. The molecule has 0 radical (unpaired) electrons. The average molecular weight is 259 g/mol. The SMILES string of the molecule is CCNc1cc(Nc2ccccc2SC)ccn1. The van der Waals surface area contributed by atoms with Crippen LogP contribution in [-0.2, 0) is 0 Å². The molecule has 2 N–H and O–H groups in total. The number of nitrogens with one attached hydrogen (secondary N) is 2. The predicted octanol–water partition coefficient (Wildman–Crippen LogP) is 3.98. The van der Waals surface area contributed by atoms with E-state index in [4.69, 9.17) is 0 Å². The summed E-state index contributed by atoms with van der Waals surface area (Å²) in [5.41, 5.74) is 2.17. The number of nitrogens with zero attached hydrogens (tertiary/aromatic N) is 1. The summed E-state index contributed by atoms with van der Waals surface area (Å²) in [5, 5.41) is 6.63. The highest BCUT2D eigenvalue weighted by Crippen LogP contribution is 2.28. The summed E-state index contributed by atoms with van der Waals surface area (Å²) in [6.07, 6.45) is 3.89. The zero-order valence-electron chi connectivity index (χ0n) is 10.6. The summed E-state index contributed by atoms with van der Waals surface area (Å²) in [4.78, 5) is 5.49. The standard InChI is InChI=1S/C14H17N3S/c1-3-15-14-10-11(8-9-16-14)17-12-6-4-5-7-13(12)18-2/h4-10H,3H2,1-2H3,(H2,15,16,17). The minimum absolute atomic E-state index is 0.873. The van der Waals surface area contributed by atoms with Crippen molar-refractivity contribution in [3.05, 3.63) is 42.6 Å². The second kappa shape index (κ2) is 6.31. The first-order chi connectivity index (χ1) is 8.83. The van der Waals surface area contributed by atoms with Gasteiger partial charge in [-0.1, -0.05) is 12.1 Å². The topological polar surface area (TPSA) is 37.0 Å². The highest BCUT2D eigenvalue weighted by atomic mass is 32.2. The first-order valence-electron chi connectivity index (χ1n) is 5.93. The van der Waals surface area contributed by atoms with Gasteiger partial charge in [-0.25, -0.2) is 4.98 Å². The molecule has 0 fully saturated rings. The van der Waals surface area contributed by atoms with Crippen molar-refractivity contribution in [2.75, 3.05) is 23.4 Å². The zero-order valence-corrected chi connectivity index (χ0v) is 11.4. The molecule has 0 spiro atoms. The normalized spacial score (nSPS) is 10.1. The molecule has 1 heterocycles. The van der Waals surface area contributed by atoms with E-state index in [1.54, 1.807) is 11.8 Å². The highest BCUT2D eigenvalue weighted by Gasteiger charge is 2.01. The van der Waals surface area contributed by atoms with Gasteiger partial charge in [-0.15, -0.1) is 11.8 Å². The summed E-state index contributed by atoms with van der Waals surface area (Å²) in [5.74, 6) is 0.893. The molecule has 18 heavy (non-hydrogen) atoms. The molecule has 3 nitrogen and oxygen atoms in total. The van der Waals surface area contributed by atoms with Crippen LogP contribution in [0.2, 0.25) is 0 Å². The molecule has 2 rings (SSSR count).